The summed E-state index contributed by atoms with van der Waals surface area (Å²) in [6.07, 6.45) is 2.33. The SMILES string of the molecule is O=C(COC(=O)/C=C/c1ccccc1[N+](=O)[O-])NCc1ccccc1. The lowest BCUT2D eigenvalue weighted by Crippen LogP contribution is -2.28. The molecule has 0 bridgehead atoms. The maximum atomic E-state index is 11.6. The Labute approximate surface area is 144 Å². The van der Waals surface area contributed by atoms with Crippen LogP contribution in [0.5, 0.6) is 0 Å². The van der Waals surface area contributed by atoms with Gasteiger partial charge in [-0.05, 0) is 17.7 Å². The Morgan fingerprint density at radius 3 is 2.48 bits per heavy atom. The molecule has 0 spiro atoms. The maximum absolute atomic E-state index is 11.6. The predicted octanol–water partition coefficient (Wildman–Crippen LogP) is 2.47. The van der Waals surface area contributed by atoms with Crippen LogP contribution in [0.1, 0.15) is 11.1 Å². The van der Waals surface area contributed by atoms with E-state index in [1.54, 1.807) is 6.07 Å². The number of amides is 1. The third kappa shape index (κ3) is 5.91. The summed E-state index contributed by atoms with van der Waals surface area (Å²) in [5, 5.41) is 13.5. The normalized spacial score (nSPS) is 10.4. The lowest BCUT2D eigenvalue weighted by Gasteiger charge is -2.05. The largest absolute Gasteiger partial charge is 0.452 e. The van der Waals surface area contributed by atoms with Crippen LogP contribution in [0.3, 0.4) is 0 Å². The van der Waals surface area contributed by atoms with Crippen molar-refractivity contribution in [1.29, 1.82) is 0 Å². The molecule has 0 aromatic heterocycles. The van der Waals surface area contributed by atoms with Gasteiger partial charge in [0.1, 0.15) is 0 Å². The van der Waals surface area contributed by atoms with Crippen LogP contribution in [-0.2, 0) is 20.9 Å². The minimum absolute atomic E-state index is 0.118. The van der Waals surface area contributed by atoms with E-state index in [4.69, 9.17) is 4.74 Å². The zero-order chi connectivity index (χ0) is 18.1. The van der Waals surface area contributed by atoms with E-state index in [9.17, 15) is 19.7 Å². The second-order valence-corrected chi connectivity index (χ2v) is 5.02. The third-order valence-corrected chi connectivity index (χ3v) is 3.21. The minimum atomic E-state index is -0.756. The molecule has 0 unspecified atom stereocenters. The second-order valence-electron chi connectivity index (χ2n) is 5.02. The number of para-hydroxylation sites is 1. The van der Waals surface area contributed by atoms with Crippen LogP contribution in [0.15, 0.2) is 60.7 Å². The highest BCUT2D eigenvalue weighted by atomic mass is 16.6. The van der Waals surface area contributed by atoms with Gasteiger partial charge in [0, 0.05) is 18.7 Å². The standard InChI is InChI=1S/C18H16N2O5/c21-17(19-12-14-6-2-1-3-7-14)13-25-18(22)11-10-15-8-4-5-9-16(15)20(23)24/h1-11H,12-13H2,(H,19,21)/b11-10+. The number of carbonyl (C=O) groups excluding carboxylic acids is 2. The Morgan fingerprint density at radius 2 is 1.76 bits per heavy atom. The molecule has 7 heteroatoms. The second kappa shape index (κ2) is 8.97. The van der Waals surface area contributed by atoms with E-state index in [2.05, 4.69) is 5.32 Å². The number of nitrogens with one attached hydrogen (secondary N) is 1. The van der Waals surface area contributed by atoms with Crippen LogP contribution in [0, 0.1) is 10.1 Å². The Balaban J connectivity index is 1.80. The van der Waals surface area contributed by atoms with Gasteiger partial charge in [-0.3, -0.25) is 14.9 Å². The molecular formula is C18H16N2O5. The molecular weight excluding hydrogens is 324 g/mol. The first-order chi connectivity index (χ1) is 12.1. The van der Waals surface area contributed by atoms with E-state index < -0.39 is 23.4 Å². The van der Waals surface area contributed by atoms with Crippen molar-refractivity contribution in [3.63, 3.8) is 0 Å². The van der Waals surface area contributed by atoms with E-state index in [0.717, 1.165) is 11.6 Å². The summed E-state index contributed by atoms with van der Waals surface area (Å²) in [6.45, 7) is -0.0871. The maximum Gasteiger partial charge on any atom is 0.331 e. The van der Waals surface area contributed by atoms with Gasteiger partial charge >= 0.3 is 5.97 Å². The molecule has 0 saturated carbocycles. The summed E-state index contributed by atoms with van der Waals surface area (Å²) in [6, 6.07) is 15.3. The fourth-order valence-corrected chi connectivity index (χ4v) is 1.98. The van der Waals surface area contributed by atoms with Gasteiger partial charge in [-0.15, -0.1) is 0 Å². The van der Waals surface area contributed by atoms with Gasteiger partial charge in [0.25, 0.3) is 11.6 Å². The molecule has 0 heterocycles. The van der Waals surface area contributed by atoms with E-state index in [1.165, 1.54) is 24.3 Å². The minimum Gasteiger partial charge on any atom is -0.452 e. The lowest BCUT2D eigenvalue weighted by atomic mass is 10.1. The Kier molecular flexibility index (Phi) is 6.41. The highest BCUT2D eigenvalue weighted by Gasteiger charge is 2.10. The first-order valence-corrected chi connectivity index (χ1v) is 7.45. The monoisotopic (exact) mass is 340 g/mol. The number of hydrogen-bond donors (Lipinski definition) is 1. The molecule has 2 aromatic rings. The summed E-state index contributed by atoms with van der Waals surface area (Å²) in [5.41, 5.74) is 1.09. The number of rotatable bonds is 7. The van der Waals surface area contributed by atoms with Crippen molar-refractivity contribution < 1.29 is 19.2 Å². The molecule has 25 heavy (non-hydrogen) atoms. The summed E-state index contributed by atoms with van der Waals surface area (Å²) in [7, 11) is 0. The smallest absolute Gasteiger partial charge is 0.331 e. The zero-order valence-electron chi connectivity index (χ0n) is 13.3. The molecule has 0 aliphatic rings. The van der Waals surface area contributed by atoms with Gasteiger partial charge in [0.05, 0.1) is 10.5 Å². The summed E-state index contributed by atoms with van der Waals surface area (Å²) < 4.78 is 4.81. The predicted molar refractivity (Wildman–Crippen MR) is 91.4 cm³/mol. The van der Waals surface area contributed by atoms with Crippen molar-refractivity contribution in [2.45, 2.75) is 6.54 Å². The molecule has 1 N–H and O–H groups in total. The zero-order valence-corrected chi connectivity index (χ0v) is 13.3. The van der Waals surface area contributed by atoms with E-state index in [1.807, 2.05) is 30.3 Å². The number of nitro benzene ring substituents is 1. The lowest BCUT2D eigenvalue weighted by molar-refractivity contribution is -0.385. The molecule has 1 amide bonds. The van der Waals surface area contributed by atoms with Gasteiger partial charge in [0.15, 0.2) is 6.61 Å². The third-order valence-electron chi connectivity index (χ3n) is 3.21. The van der Waals surface area contributed by atoms with E-state index >= 15 is 0 Å². The van der Waals surface area contributed by atoms with Crippen LogP contribution < -0.4 is 5.32 Å². The molecule has 7 nitrogen and oxygen atoms in total. The first kappa shape index (κ1) is 17.9. The fraction of sp³-hybridized carbons (Fsp3) is 0.111. The van der Waals surface area contributed by atoms with Crippen LogP contribution in [0.2, 0.25) is 0 Å². The fourth-order valence-electron chi connectivity index (χ4n) is 1.98. The topological polar surface area (TPSA) is 98.5 Å². The highest BCUT2D eigenvalue weighted by molar-refractivity contribution is 5.89. The van der Waals surface area contributed by atoms with Crippen molar-refractivity contribution >= 4 is 23.6 Å². The number of nitro groups is 1. The molecule has 0 fully saturated rings. The molecule has 0 radical (unpaired) electrons. The number of hydrogen-bond acceptors (Lipinski definition) is 5. The number of esters is 1. The highest BCUT2D eigenvalue weighted by Crippen LogP contribution is 2.18. The van der Waals surface area contributed by atoms with Crippen LogP contribution >= 0.6 is 0 Å². The molecule has 0 atom stereocenters. The van der Waals surface area contributed by atoms with Crippen molar-refractivity contribution in [2.75, 3.05) is 6.61 Å². The van der Waals surface area contributed by atoms with E-state index in [-0.39, 0.29) is 11.3 Å². The van der Waals surface area contributed by atoms with Crippen LogP contribution in [0.25, 0.3) is 6.08 Å². The van der Waals surface area contributed by atoms with Crippen LogP contribution in [-0.4, -0.2) is 23.4 Å². The molecule has 128 valence electrons. The Hall–Kier alpha value is -3.48. The van der Waals surface area contributed by atoms with Crippen molar-refractivity contribution in [1.82, 2.24) is 5.32 Å². The van der Waals surface area contributed by atoms with Gasteiger partial charge in [0.2, 0.25) is 0 Å². The van der Waals surface area contributed by atoms with Gasteiger partial charge in [-0.1, -0.05) is 42.5 Å². The molecule has 0 aliphatic heterocycles. The molecule has 2 aromatic carbocycles. The number of carbonyl (C=O) groups is 2. The molecule has 0 aliphatic carbocycles. The first-order valence-electron chi connectivity index (χ1n) is 7.45. The Bertz CT molecular complexity index is 787. The number of nitrogens with zero attached hydrogens (tertiary/aromatic N) is 1. The molecule has 2 rings (SSSR count). The summed E-state index contributed by atoms with van der Waals surface area (Å²) >= 11 is 0. The van der Waals surface area contributed by atoms with E-state index in [0.29, 0.717) is 6.54 Å². The quantitative estimate of drug-likeness (QED) is 0.361. The average Bonchev–Trinajstić information content (AvgIpc) is 2.64. The number of ether oxygens (including phenoxy) is 1. The van der Waals surface area contributed by atoms with Crippen molar-refractivity contribution in [3.05, 3.63) is 81.9 Å². The number of benzene rings is 2. The van der Waals surface area contributed by atoms with Gasteiger partial charge < -0.3 is 10.1 Å². The van der Waals surface area contributed by atoms with Crippen molar-refractivity contribution in [3.8, 4) is 0 Å². The van der Waals surface area contributed by atoms with Crippen LogP contribution in [0.4, 0.5) is 5.69 Å². The van der Waals surface area contributed by atoms with Gasteiger partial charge in [-0.25, -0.2) is 4.79 Å². The Morgan fingerprint density at radius 1 is 1.08 bits per heavy atom. The average molecular weight is 340 g/mol. The molecule has 0 saturated heterocycles. The summed E-state index contributed by atoms with van der Waals surface area (Å²) in [5.74, 6) is -1.19. The van der Waals surface area contributed by atoms with Crippen molar-refractivity contribution in [2.24, 2.45) is 0 Å². The summed E-state index contributed by atoms with van der Waals surface area (Å²) in [4.78, 5) is 33.6. The van der Waals surface area contributed by atoms with Gasteiger partial charge in [-0.2, -0.15) is 0 Å².